The molecule has 0 unspecified atom stereocenters. The fraction of sp³-hybridized carbons (Fsp3) is 0.0909. The van der Waals surface area contributed by atoms with Crippen molar-refractivity contribution in [2.75, 3.05) is 0 Å². The van der Waals surface area contributed by atoms with Crippen LogP contribution >= 0.6 is 0 Å². The van der Waals surface area contributed by atoms with Gasteiger partial charge in [0.15, 0.2) is 0 Å². The van der Waals surface area contributed by atoms with Gasteiger partial charge in [-0.1, -0.05) is 18.2 Å². The average Bonchev–Trinajstić information content (AvgIpc) is 2.67. The molecule has 13 heavy (non-hydrogen) atoms. The van der Waals surface area contributed by atoms with Gasteiger partial charge in [0.05, 0.1) is 6.61 Å². The van der Waals surface area contributed by atoms with Crippen LogP contribution in [0.5, 0.6) is 0 Å². The van der Waals surface area contributed by atoms with Crippen LogP contribution in [0, 0.1) is 0 Å². The van der Waals surface area contributed by atoms with Gasteiger partial charge in [0.2, 0.25) is 0 Å². The van der Waals surface area contributed by atoms with E-state index in [-0.39, 0.29) is 6.61 Å². The Morgan fingerprint density at radius 3 is 2.46 bits per heavy atom. The van der Waals surface area contributed by atoms with E-state index >= 15 is 0 Å². The van der Waals surface area contributed by atoms with Crippen LogP contribution in [0.3, 0.4) is 0 Å². The van der Waals surface area contributed by atoms with E-state index in [0.717, 1.165) is 11.3 Å². The first-order valence-electron chi connectivity index (χ1n) is 4.23. The summed E-state index contributed by atoms with van der Waals surface area (Å²) in [5, 5.41) is 8.88. The zero-order valence-corrected chi connectivity index (χ0v) is 7.22. The van der Waals surface area contributed by atoms with E-state index in [2.05, 4.69) is 0 Å². The molecule has 0 aliphatic rings. The first-order valence-corrected chi connectivity index (χ1v) is 4.23. The number of aromatic nitrogens is 1. The third-order valence-electron chi connectivity index (χ3n) is 1.99. The number of aliphatic hydroxyl groups excluding tert-OH is 1. The van der Waals surface area contributed by atoms with Gasteiger partial charge < -0.3 is 9.67 Å². The molecule has 2 aromatic rings. The standard InChI is InChI=1S/C11H11NO/c13-9-10-6-7-12(8-10)11-4-2-1-3-5-11/h1-8,13H,9H2. The highest BCUT2D eigenvalue weighted by Crippen LogP contribution is 2.09. The molecule has 0 amide bonds. The highest BCUT2D eigenvalue weighted by Gasteiger charge is 1.96. The molecule has 0 atom stereocenters. The number of aliphatic hydroxyl groups is 1. The van der Waals surface area contributed by atoms with Gasteiger partial charge in [-0.2, -0.15) is 0 Å². The minimum Gasteiger partial charge on any atom is -0.392 e. The van der Waals surface area contributed by atoms with Crippen LogP contribution in [0.15, 0.2) is 48.8 Å². The molecule has 2 rings (SSSR count). The molecule has 0 spiro atoms. The van der Waals surface area contributed by atoms with Gasteiger partial charge in [0.25, 0.3) is 0 Å². The van der Waals surface area contributed by atoms with Crippen molar-refractivity contribution in [1.29, 1.82) is 0 Å². The second kappa shape index (κ2) is 3.46. The lowest BCUT2D eigenvalue weighted by Gasteiger charge is -2.00. The molecule has 0 bridgehead atoms. The van der Waals surface area contributed by atoms with Crippen LogP contribution < -0.4 is 0 Å². The second-order valence-electron chi connectivity index (χ2n) is 2.92. The fourth-order valence-corrected chi connectivity index (χ4v) is 1.30. The normalized spacial score (nSPS) is 10.2. The van der Waals surface area contributed by atoms with Crippen LogP contribution in [0.25, 0.3) is 5.69 Å². The summed E-state index contributed by atoms with van der Waals surface area (Å²) in [4.78, 5) is 0. The van der Waals surface area contributed by atoms with Crippen molar-refractivity contribution >= 4 is 0 Å². The van der Waals surface area contributed by atoms with E-state index in [1.54, 1.807) is 0 Å². The summed E-state index contributed by atoms with van der Waals surface area (Å²) in [6, 6.07) is 11.9. The van der Waals surface area contributed by atoms with Gasteiger partial charge >= 0.3 is 0 Å². The Bertz CT molecular complexity index is 378. The average molecular weight is 173 g/mol. The predicted octanol–water partition coefficient (Wildman–Crippen LogP) is 1.97. The minimum atomic E-state index is 0.0971. The molecule has 0 aliphatic heterocycles. The molecule has 1 N–H and O–H groups in total. The summed E-state index contributed by atoms with van der Waals surface area (Å²) in [5.74, 6) is 0. The van der Waals surface area contributed by atoms with Crippen molar-refractivity contribution in [3.05, 3.63) is 54.4 Å². The predicted molar refractivity (Wildman–Crippen MR) is 51.7 cm³/mol. The monoisotopic (exact) mass is 173 g/mol. The Kier molecular flexibility index (Phi) is 2.15. The number of rotatable bonds is 2. The smallest absolute Gasteiger partial charge is 0.0696 e. The summed E-state index contributed by atoms with van der Waals surface area (Å²) in [7, 11) is 0. The Hall–Kier alpha value is -1.54. The van der Waals surface area contributed by atoms with Crippen molar-refractivity contribution in [2.45, 2.75) is 6.61 Å². The van der Waals surface area contributed by atoms with E-state index in [9.17, 15) is 0 Å². The number of nitrogens with zero attached hydrogens (tertiary/aromatic N) is 1. The molecular formula is C11H11NO. The van der Waals surface area contributed by atoms with Crippen molar-refractivity contribution in [3.63, 3.8) is 0 Å². The summed E-state index contributed by atoms with van der Waals surface area (Å²) in [6.07, 6.45) is 3.87. The van der Waals surface area contributed by atoms with Crippen molar-refractivity contribution in [3.8, 4) is 5.69 Å². The molecule has 1 aromatic carbocycles. The summed E-state index contributed by atoms with van der Waals surface area (Å²) >= 11 is 0. The third-order valence-corrected chi connectivity index (χ3v) is 1.99. The van der Waals surface area contributed by atoms with Crippen molar-refractivity contribution in [1.82, 2.24) is 4.57 Å². The molecule has 2 heteroatoms. The second-order valence-corrected chi connectivity index (χ2v) is 2.92. The van der Waals surface area contributed by atoms with Gasteiger partial charge in [-0.25, -0.2) is 0 Å². The summed E-state index contributed by atoms with van der Waals surface area (Å²) < 4.78 is 1.99. The topological polar surface area (TPSA) is 25.2 Å². The van der Waals surface area contributed by atoms with E-state index in [4.69, 9.17) is 5.11 Å². The highest BCUT2D eigenvalue weighted by molar-refractivity contribution is 5.33. The minimum absolute atomic E-state index is 0.0971. The summed E-state index contributed by atoms with van der Waals surface area (Å²) in [5.41, 5.74) is 2.05. The maximum Gasteiger partial charge on any atom is 0.0696 e. The van der Waals surface area contributed by atoms with Crippen LogP contribution in [-0.2, 0) is 6.61 Å². The van der Waals surface area contributed by atoms with E-state index in [1.165, 1.54) is 0 Å². The van der Waals surface area contributed by atoms with Crippen LogP contribution in [-0.4, -0.2) is 9.67 Å². The Morgan fingerprint density at radius 2 is 1.85 bits per heavy atom. The first kappa shape index (κ1) is 8.08. The van der Waals surface area contributed by atoms with Crippen molar-refractivity contribution in [2.24, 2.45) is 0 Å². The highest BCUT2D eigenvalue weighted by atomic mass is 16.3. The van der Waals surface area contributed by atoms with Gasteiger partial charge in [0.1, 0.15) is 0 Å². The number of benzene rings is 1. The van der Waals surface area contributed by atoms with Gasteiger partial charge in [-0.15, -0.1) is 0 Å². The molecule has 1 aromatic heterocycles. The van der Waals surface area contributed by atoms with Crippen LogP contribution in [0.1, 0.15) is 5.56 Å². The van der Waals surface area contributed by atoms with Crippen molar-refractivity contribution < 1.29 is 5.11 Å². The third kappa shape index (κ3) is 1.63. The lowest BCUT2D eigenvalue weighted by molar-refractivity contribution is 0.282. The van der Waals surface area contributed by atoms with Crippen LogP contribution in [0.4, 0.5) is 0 Å². The molecule has 0 saturated heterocycles. The van der Waals surface area contributed by atoms with E-state index in [0.29, 0.717) is 0 Å². The molecule has 0 saturated carbocycles. The molecule has 0 fully saturated rings. The maximum atomic E-state index is 8.88. The number of hydrogen-bond donors (Lipinski definition) is 1. The lowest BCUT2D eigenvalue weighted by atomic mass is 10.3. The number of hydrogen-bond acceptors (Lipinski definition) is 1. The molecule has 0 radical (unpaired) electrons. The zero-order chi connectivity index (χ0) is 9.10. The molecular weight excluding hydrogens is 162 g/mol. The molecule has 0 aliphatic carbocycles. The van der Waals surface area contributed by atoms with E-state index in [1.807, 2.05) is 53.4 Å². The first-order chi connectivity index (χ1) is 6.40. The number of para-hydroxylation sites is 1. The van der Waals surface area contributed by atoms with Crippen LogP contribution in [0.2, 0.25) is 0 Å². The Balaban J connectivity index is 2.36. The van der Waals surface area contributed by atoms with Gasteiger partial charge in [-0.05, 0) is 23.8 Å². The maximum absolute atomic E-state index is 8.88. The SMILES string of the molecule is OCc1ccn(-c2ccccc2)c1. The Labute approximate surface area is 77.1 Å². The quantitative estimate of drug-likeness (QED) is 0.738. The molecule has 2 nitrogen and oxygen atoms in total. The zero-order valence-electron chi connectivity index (χ0n) is 7.22. The van der Waals surface area contributed by atoms with E-state index < -0.39 is 0 Å². The Morgan fingerprint density at radius 1 is 1.08 bits per heavy atom. The summed E-state index contributed by atoms with van der Waals surface area (Å²) in [6.45, 7) is 0.0971. The van der Waals surface area contributed by atoms with Gasteiger partial charge in [0, 0.05) is 18.1 Å². The largest absolute Gasteiger partial charge is 0.392 e. The molecule has 1 heterocycles. The molecule has 66 valence electrons. The fourth-order valence-electron chi connectivity index (χ4n) is 1.30. The lowest BCUT2D eigenvalue weighted by Crippen LogP contribution is -1.88. The van der Waals surface area contributed by atoms with Gasteiger partial charge in [-0.3, -0.25) is 0 Å².